The molecule has 0 aliphatic heterocycles. The van der Waals surface area contributed by atoms with Crippen molar-refractivity contribution in [3.63, 3.8) is 0 Å². The van der Waals surface area contributed by atoms with Crippen LogP contribution in [0.1, 0.15) is 45.7 Å². The highest BCUT2D eigenvalue weighted by atomic mass is 16.2. The van der Waals surface area contributed by atoms with Crippen LogP contribution in [0.3, 0.4) is 0 Å². The van der Waals surface area contributed by atoms with Crippen molar-refractivity contribution in [1.29, 1.82) is 0 Å². The molecule has 0 unspecified atom stereocenters. The number of carbonyl (C=O) groups excluding carboxylic acids is 2. The van der Waals surface area contributed by atoms with Crippen molar-refractivity contribution >= 4 is 11.7 Å². The maximum Gasteiger partial charge on any atom is 0.252 e. The second-order valence-electron chi connectivity index (χ2n) is 7.63. The molecule has 0 aliphatic carbocycles. The summed E-state index contributed by atoms with van der Waals surface area (Å²) in [5.74, 6) is -0.282. The second-order valence-corrected chi connectivity index (χ2v) is 7.63. The number of Topliss-reactive ketones (excluding diaryl/α,β-unsaturated/α-hetero) is 1. The number of hydrogen-bond donors (Lipinski definition) is 1. The molecule has 0 saturated heterocycles. The summed E-state index contributed by atoms with van der Waals surface area (Å²) in [6.07, 6.45) is 0.984. The average Bonchev–Trinajstić information content (AvgIpc) is 2.68. The fraction of sp³-hybridized carbons (Fsp3) is 0.200. The first-order chi connectivity index (χ1) is 13.4. The van der Waals surface area contributed by atoms with Gasteiger partial charge in [-0.2, -0.15) is 0 Å². The molecule has 0 aliphatic rings. The van der Waals surface area contributed by atoms with Gasteiger partial charge < -0.3 is 5.32 Å². The first-order valence-corrected chi connectivity index (χ1v) is 9.47. The summed E-state index contributed by atoms with van der Waals surface area (Å²) in [6.45, 7) is 3.98. The lowest BCUT2D eigenvalue weighted by molar-refractivity contribution is 0.0900. The number of rotatable bonds is 7. The number of carbonyl (C=O) groups is 2. The Bertz CT molecular complexity index is 947. The molecule has 0 bridgehead atoms. The van der Waals surface area contributed by atoms with Crippen LogP contribution in [0.25, 0.3) is 0 Å². The number of ketones is 1. The number of amides is 1. The summed E-state index contributed by atoms with van der Waals surface area (Å²) in [4.78, 5) is 25.8. The smallest absolute Gasteiger partial charge is 0.252 e. The lowest BCUT2D eigenvalue weighted by Gasteiger charge is -2.27. The van der Waals surface area contributed by atoms with Crippen LogP contribution in [0.2, 0.25) is 0 Å². The molecule has 0 heterocycles. The molecule has 0 spiro atoms. The first kappa shape index (κ1) is 19.6. The van der Waals surface area contributed by atoms with Crippen LogP contribution in [0, 0.1) is 0 Å². The van der Waals surface area contributed by atoms with E-state index in [1.54, 1.807) is 24.3 Å². The maximum absolute atomic E-state index is 13.0. The monoisotopic (exact) mass is 371 g/mol. The van der Waals surface area contributed by atoms with Crippen molar-refractivity contribution in [1.82, 2.24) is 5.32 Å². The third-order valence-electron chi connectivity index (χ3n) is 4.62. The van der Waals surface area contributed by atoms with Gasteiger partial charge in [0.2, 0.25) is 0 Å². The Morgan fingerprint density at radius 2 is 1.21 bits per heavy atom. The van der Waals surface area contributed by atoms with Gasteiger partial charge >= 0.3 is 0 Å². The minimum atomic E-state index is -0.436. The standard InChI is InChI=1S/C25H25NO2/c1-25(2,18-20-13-7-4-8-14-20)26-24(28)22-16-10-9-15-21(22)23(27)17-19-11-5-3-6-12-19/h3-16H,17-18H2,1-2H3,(H,26,28). The third kappa shape index (κ3) is 5.17. The van der Waals surface area contributed by atoms with E-state index in [-0.39, 0.29) is 18.1 Å². The van der Waals surface area contributed by atoms with Gasteiger partial charge in [-0.25, -0.2) is 0 Å². The highest BCUT2D eigenvalue weighted by Crippen LogP contribution is 2.17. The van der Waals surface area contributed by atoms with E-state index in [9.17, 15) is 9.59 Å². The molecule has 0 aromatic heterocycles. The molecule has 0 atom stereocenters. The Kier molecular flexibility index (Phi) is 6.05. The molecule has 3 aromatic carbocycles. The lowest BCUT2D eigenvalue weighted by Crippen LogP contribution is -2.45. The van der Waals surface area contributed by atoms with Crippen LogP contribution in [-0.4, -0.2) is 17.2 Å². The summed E-state index contributed by atoms with van der Waals surface area (Å²) in [6, 6.07) is 26.7. The molecular weight excluding hydrogens is 346 g/mol. The Labute approximate surface area is 166 Å². The van der Waals surface area contributed by atoms with Crippen LogP contribution in [-0.2, 0) is 12.8 Å². The average molecular weight is 371 g/mol. The molecule has 3 heteroatoms. The van der Waals surface area contributed by atoms with Crippen LogP contribution in [0.5, 0.6) is 0 Å². The van der Waals surface area contributed by atoms with Crippen molar-refractivity contribution in [2.24, 2.45) is 0 Å². The van der Waals surface area contributed by atoms with Crippen LogP contribution >= 0.6 is 0 Å². The van der Waals surface area contributed by atoms with E-state index < -0.39 is 5.54 Å². The van der Waals surface area contributed by atoms with Gasteiger partial charge in [0.15, 0.2) is 5.78 Å². The summed E-state index contributed by atoms with van der Waals surface area (Å²) in [5, 5.41) is 3.09. The highest BCUT2D eigenvalue weighted by molar-refractivity contribution is 6.08. The molecule has 0 saturated carbocycles. The van der Waals surface area contributed by atoms with E-state index in [0.29, 0.717) is 17.5 Å². The van der Waals surface area contributed by atoms with Gasteiger partial charge in [0, 0.05) is 17.5 Å². The Morgan fingerprint density at radius 1 is 0.714 bits per heavy atom. The van der Waals surface area contributed by atoms with Crippen molar-refractivity contribution in [3.8, 4) is 0 Å². The molecule has 28 heavy (non-hydrogen) atoms. The van der Waals surface area contributed by atoms with Crippen LogP contribution in [0.4, 0.5) is 0 Å². The van der Waals surface area contributed by atoms with Gasteiger partial charge in [0.1, 0.15) is 0 Å². The summed E-state index contributed by atoms with van der Waals surface area (Å²) in [7, 11) is 0. The molecule has 1 amide bonds. The zero-order chi connectivity index (χ0) is 20.0. The lowest BCUT2D eigenvalue weighted by atomic mass is 9.93. The van der Waals surface area contributed by atoms with Gasteiger partial charge in [-0.1, -0.05) is 78.9 Å². The van der Waals surface area contributed by atoms with E-state index >= 15 is 0 Å². The molecule has 1 N–H and O–H groups in total. The predicted octanol–water partition coefficient (Wildman–Crippen LogP) is 4.86. The second kappa shape index (κ2) is 8.66. The molecular formula is C25H25NO2. The minimum Gasteiger partial charge on any atom is -0.347 e. The highest BCUT2D eigenvalue weighted by Gasteiger charge is 2.24. The Morgan fingerprint density at radius 3 is 1.82 bits per heavy atom. The van der Waals surface area contributed by atoms with E-state index in [1.165, 1.54) is 0 Å². The predicted molar refractivity (Wildman–Crippen MR) is 113 cm³/mol. The Hall–Kier alpha value is -3.20. The zero-order valence-corrected chi connectivity index (χ0v) is 16.3. The van der Waals surface area contributed by atoms with Gasteiger partial charge in [0.05, 0.1) is 5.56 Å². The maximum atomic E-state index is 13.0. The molecule has 0 fully saturated rings. The fourth-order valence-electron chi connectivity index (χ4n) is 3.33. The van der Waals surface area contributed by atoms with Crippen molar-refractivity contribution < 1.29 is 9.59 Å². The molecule has 3 nitrogen and oxygen atoms in total. The number of benzene rings is 3. The summed E-state index contributed by atoms with van der Waals surface area (Å²) >= 11 is 0. The van der Waals surface area contributed by atoms with Gasteiger partial charge in [-0.05, 0) is 37.5 Å². The van der Waals surface area contributed by atoms with E-state index in [1.807, 2.05) is 74.5 Å². The molecule has 142 valence electrons. The summed E-state index contributed by atoms with van der Waals surface area (Å²) in [5.41, 5.74) is 2.53. The fourth-order valence-corrected chi connectivity index (χ4v) is 3.33. The quantitative estimate of drug-likeness (QED) is 0.603. The molecule has 0 radical (unpaired) electrons. The molecule has 3 aromatic rings. The normalized spacial score (nSPS) is 11.1. The summed E-state index contributed by atoms with van der Waals surface area (Å²) < 4.78 is 0. The first-order valence-electron chi connectivity index (χ1n) is 9.47. The van der Waals surface area contributed by atoms with Crippen molar-refractivity contribution in [2.45, 2.75) is 32.2 Å². The topological polar surface area (TPSA) is 46.2 Å². The Balaban J connectivity index is 1.76. The SMILES string of the molecule is CC(C)(Cc1ccccc1)NC(=O)c1ccccc1C(=O)Cc1ccccc1. The van der Waals surface area contributed by atoms with Gasteiger partial charge in [0.25, 0.3) is 5.91 Å². The van der Waals surface area contributed by atoms with Gasteiger partial charge in [-0.15, -0.1) is 0 Å². The minimum absolute atomic E-state index is 0.0576. The van der Waals surface area contributed by atoms with Gasteiger partial charge in [-0.3, -0.25) is 9.59 Å². The largest absolute Gasteiger partial charge is 0.347 e. The zero-order valence-electron chi connectivity index (χ0n) is 16.3. The van der Waals surface area contributed by atoms with Crippen LogP contribution in [0.15, 0.2) is 84.9 Å². The van der Waals surface area contributed by atoms with E-state index in [0.717, 1.165) is 11.1 Å². The van der Waals surface area contributed by atoms with E-state index in [2.05, 4.69) is 5.32 Å². The third-order valence-corrected chi connectivity index (χ3v) is 4.62. The number of hydrogen-bond acceptors (Lipinski definition) is 2. The van der Waals surface area contributed by atoms with Crippen molar-refractivity contribution in [2.75, 3.05) is 0 Å². The van der Waals surface area contributed by atoms with E-state index in [4.69, 9.17) is 0 Å². The van der Waals surface area contributed by atoms with Crippen molar-refractivity contribution in [3.05, 3.63) is 107 Å². The number of nitrogens with one attached hydrogen (secondary N) is 1. The molecule has 3 rings (SSSR count). The van der Waals surface area contributed by atoms with Crippen LogP contribution < -0.4 is 5.32 Å².